The molecular weight excluding hydrogens is 380 g/mol. The highest BCUT2D eigenvalue weighted by Crippen LogP contribution is 2.44. The molecule has 4 nitrogen and oxygen atoms in total. The standard InChI is InChI=1S/C18H22Cl2NO3P/c1-13-2-4-14(5-3-13)11-25(23,24)12-16(22)10-21-9-15-6-7-17(19)18(20)8-15/h2-8,16,21-22H,9-12H2,1H3,(H,23,24)/t16-/m1/s1. The molecule has 0 heterocycles. The van der Waals surface area contributed by atoms with Crippen LogP contribution in [-0.2, 0) is 17.3 Å². The van der Waals surface area contributed by atoms with Gasteiger partial charge in [0.2, 0.25) is 7.37 Å². The van der Waals surface area contributed by atoms with Gasteiger partial charge in [0.05, 0.1) is 22.3 Å². The average molecular weight is 402 g/mol. The first-order valence-corrected chi connectivity index (χ1v) is 10.7. The Morgan fingerprint density at radius 2 is 1.72 bits per heavy atom. The number of aliphatic hydroxyl groups is 1. The second-order valence-electron chi connectivity index (χ2n) is 6.21. The molecule has 2 aromatic rings. The lowest BCUT2D eigenvalue weighted by atomic mass is 10.2. The molecule has 1 unspecified atom stereocenters. The van der Waals surface area contributed by atoms with Gasteiger partial charge in [0, 0.05) is 19.3 Å². The summed E-state index contributed by atoms with van der Waals surface area (Å²) in [6, 6.07) is 12.8. The van der Waals surface area contributed by atoms with Gasteiger partial charge in [-0.25, -0.2) is 0 Å². The van der Waals surface area contributed by atoms with Crippen molar-refractivity contribution in [2.75, 3.05) is 12.7 Å². The number of nitrogens with one attached hydrogen (secondary N) is 1. The summed E-state index contributed by atoms with van der Waals surface area (Å²) in [4.78, 5) is 10.1. The zero-order chi connectivity index (χ0) is 18.4. The van der Waals surface area contributed by atoms with Gasteiger partial charge in [-0.2, -0.15) is 0 Å². The molecule has 2 atom stereocenters. The first-order chi connectivity index (χ1) is 11.7. The van der Waals surface area contributed by atoms with Crippen molar-refractivity contribution in [1.29, 1.82) is 0 Å². The fraction of sp³-hybridized carbons (Fsp3) is 0.333. The van der Waals surface area contributed by atoms with Gasteiger partial charge in [-0.3, -0.25) is 4.57 Å². The summed E-state index contributed by atoms with van der Waals surface area (Å²) in [6.07, 6.45) is -0.976. The minimum atomic E-state index is -3.44. The molecule has 0 spiro atoms. The highest BCUT2D eigenvalue weighted by atomic mass is 35.5. The second-order valence-corrected chi connectivity index (χ2v) is 9.39. The first kappa shape index (κ1) is 20.4. The number of aliphatic hydroxyl groups excluding tert-OH is 1. The molecule has 0 saturated heterocycles. The van der Waals surface area contributed by atoms with Gasteiger partial charge >= 0.3 is 0 Å². The van der Waals surface area contributed by atoms with E-state index in [4.69, 9.17) is 23.2 Å². The molecule has 25 heavy (non-hydrogen) atoms. The van der Waals surface area contributed by atoms with E-state index in [9.17, 15) is 14.6 Å². The van der Waals surface area contributed by atoms with E-state index in [0.717, 1.165) is 16.7 Å². The minimum absolute atomic E-state index is 0.0666. The number of hydrogen-bond donors (Lipinski definition) is 3. The number of aryl methyl sites for hydroxylation is 1. The summed E-state index contributed by atoms with van der Waals surface area (Å²) in [5, 5.41) is 14.1. The second kappa shape index (κ2) is 9.18. The van der Waals surface area contributed by atoms with Crippen LogP contribution < -0.4 is 5.32 Å². The average Bonchev–Trinajstić information content (AvgIpc) is 2.52. The molecule has 0 radical (unpaired) electrons. The summed E-state index contributed by atoms with van der Waals surface area (Å²) in [5.74, 6) is 0. The third-order valence-corrected chi connectivity index (χ3v) is 6.33. The van der Waals surface area contributed by atoms with Crippen LogP contribution in [0.5, 0.6) is 0 Å². The SMILES string of the molecule is Cc1ccc(CP(=O)(O)C[C@H](O)CNCc2ccc(Cl)c(Cl)c2)cc1. The van der Waals surface area contributed by atoms with Gasteiger partial charge in [-0.1, -0.05) is 59.1 Å². The van der Waals surface area contributed by atoms with Crippen molar-refractivity contribution in [2.24, 2.45) is 0 Å². The first-order valence-electron chi connectivity index (χ1n) is 7.94. The zero-order valence-corrected chi connectivity index (χ0v) is 16.4. The third kappa shape index (κ3) is 7.10. The van der Waals surface area contributed by atoms with E-state index in [1.54, 1.807) is 12.1 Å². The van der Waals surface area contributed by atoms with E-state index >= 15 is 0 Å². The van der Waals surface area contributed by atoms with Crippen molar-refractivity contribution < 1.29 is 14.6 Å². The normalized spacial score (nSPS) is 14.9. The van der Waals surface area contributed by atoms with E-state index in [-0.39, 0.29) is 18.9 Å². The quantitative estimate of drug-likeness (QED) is 0.579. The summed E-state index contributed by atoms with van der Waals surface area (Å²) in [5.41, 5.74) is 2.82. The van der Waals surface area contributed by atoms with Crippen LogP contribution in [0.3, 0.4) is 0 Å². The van der Waals surface area contributed by atoms with Crippen molar-refractivity contribution in [3.8, 4) is 0 Å². The Bertz CT molecular complexity index is 752. The Morgan fingerprint density at radius 1 is 1.08 bits per heavy atom. The molecule has 2 rings (SSSR count). The highest BCUT2D eigenvalue weighted by Gasteiger charge is 2.23. The maximum absolute atomic E-state index is 12.3. The number of halogens is 2. The van der Waals surface area contributed by atoms with Crippen LogP contribution in [0.25, 0.3) is 0 Å². The lowest BCUT2D eigenvalue weighted by molar-refractivity contribution is 0.190. The van der Waals surface area contributed by atoms with Gasteiger partial charge in [0.25, 0.3) is 0 Å². The van der Waals surface area contributed by atoms with Crippen molar-refractivity contribution in [3.05, 3.63) is 69.2 Å². The molecule has 0 aliphatic rings. The van der Waals surface area contributed by atoms with Gasteiger partial charge in [0.1, 0.15) is 0 Å². The van der Waals surface area contributed by atoms with Crippen LogP contribution >= 0.6 is 30.6 Å². The topological polar surface area (TPSA) is 69.6 Å². The van der Waals surface area contributed by atoms with Crippen LogP contribution in [0.1, 0.15) is 16.7 Å². The van der Waals surface area contributed by atoms with E-state index < -0.39 is 13.5 Å². The molecule has 3 N–H and O–H groups in total. The van der Waals surface area contributed by atoms with Crippen molar-refractivity contribution in [2.45, 2.75) is 25.7 Å². The summed E-state index contributed by atoms with van der Waals surface area (Å²) in [7, 11) is -3.44. The summed E-state index contributed by atoms with van der Waals surface area (Å²) in [6.45, 7) is 2.67. The van der Waals surface area contributed by atoms with E-state index in [0.29, 0.717) is 16.6 Å². The lowest BCUT2D eigenvalue weighted by Crippen LogP contribution is -2.29. The Morgan fingerprint density at radius 3 is 2.36 bits per heavy atom. The molecule has 7 heteroatoms. The van der Waals surface area contributed by atoms with Crippen LogP contribution in [0.2, 0.25) is 10.0 Å². The van der Waals surface area contributed by atoms with E-state index in [1.165, 1.54) is 0 Å². The van der Waals surface area contributed by atoms with Crippen LogP contribution in [-0.4, -0.2) is 28.8 Å². The summed E-state index contributed by atoms with van der Waals surface area (Å²) < 4.78 is 12.3. The smallest absolute Gasteiger partial charge is 0.207 e. The molecule has 0 bridgehead atoms. The van der Waals surface area contributed by atoms with E-state index in [1.807, 2.05) is 37.3 Å². The molecule has 0 saturated carbocycles. The monoisotopic (exact) mass is 401 g/mol. The molecule has 2 aromatic carbocycles. The number of benzene rings is 2. The summed E-state index contributed by atoms with van der Waals surface area (Å²) >= 11 is 11.8. The Kier molecular flexibility index (Phi) is 7.51. The Labute approximate surface area is 158 Å². The molecule has 0 aliphatic heterocycles. The molecule has 0 fully saturated rings. The maximum atomic E-state index is 12.3. The third-order valence-electron chi connectivity index (χ3n) is 3.74. The van der Waals surface area contributed by atoms with Crippen LogP contribution in [0.4, 0.5) is 0 Å². The van der Waals surface area contributed by atoms with Gasteiger partial charge in [-0.15, -0.1) is 0 Å². The molecule has 0 amide bonds. The Hall–Kier alpha value is -0.870. The molecule has 0 aliphatic carbocycles. The van der Waals surface area contributed by atoms with Gasteiger partial charge in [-0.05, 0) is 30.2 Å². The fourth-order valence-electron chi connectivity index (χ4n) is 2.47. The van der Waals surface area contributed by atoms with Gasteiger partial charge in [0.15, 0.2) is 0 Å². The lowest BCUT2D eigenvalue weighted by Gasteiger charge is -2.17. The molecule has 136 valence electrons. The molecule has 0 aromatic heterocycles. The predicted molar refractivity (Wildman–Crippen MR) is 104 cm³/mol. The molecular formula is C18H22Cl2NO3P. The van der Waals surface area contributed by atoms with Crippen molar-refractivity contribution in [3.63, 3.8) is 0 Å². The minimum Gasteiger partial charge on any atom is -0.391 e. The van der Waals surface area contributed by atoms with Crippen LogP contribution in [0, 0.1) is 6.92 Å². The number of hydrogen-bond acceptors (Lipinski definition) is 3. The largest absolute Gasteiger partial charge is 0.391 e. The highest BCUT2D eigenvalue weighted by molar-refractivity contribution is 7.57. The predicted octanol–water partition coefficient (Wildman–Crippen LogP) is 4.22. The fourth-order valence-corrected chi connectivity index (χ4v) is 4.49. The Balaban J connectivity index is 1.80. The van der Waals surface area contributed by atoms with Crippen molar-refractivity contribution >= 4 is 30.6 Å². The van der Waals surface area contributed by atoms with Crippen molar-refractivity contribution in [1.82, 2.24) is 5.32 Å². The van der Waals surface area contributed by atoms with E-state index in [2.05, 4.69) is 5.32 Å². The number of rotatable bonds is 8. The van der Waals surface area contributed by atoms with Crippen LogP contribution in [0.15, 0.2) is 42.5 Å². The van der Waals surface area contributed by atoms with Gasteiger partial charge < -0.3 is 15.3 Å². The maximum Gasteiger partial charge on any atom is 0.207 e. The zero-order valence-electron chi connectivity index (χ0n) is 14.0.